The van der Waals surface area contributed by atoms with Crippen LogP contribution in [0, 0.1) is 0 Å². The standard InChI is InChI=1S/C22H22O6/c1-12(2)5-7-15-19(27-4)10-16(24)21-17(25)11-20(28-22(15)21)14-8-6-13(23)9-18(14)26-3/h5-6,8-11,23-24H,7H2,1-4H3. The Kier molecular flexibility index (Phi) is 5.31. The van der Waals surface area contributed by atoms with E-state index in [-0.39, 0.29) is 33.7 Å². The summed E-state index contributed by atoms with van der Waals surface area (Å²) in [6.45, 7) is 3.94. The topological polar surface area (TPSA) is 89.1 Å². The highest BCUT2D eigenvalue weighted by Gasteiger charge is 2.20. The summed E-state index contributed by atoms with van der Waals surface area (Å²) in [5, 5.41) is 20.1. The molecule has 28 heavy (non-hydrogen) atoms. The average molecular weight is 382 g/mol. The summed E-state index contributed by atoms with van der Waals surface area (Å²) >= 11 is 0. The normalized spacial score (nSPS) is 10.7. The van der Waals surface area contributed by atoms with E-state index in [1.807, 2.05) is 19.9 Å². The molecule has 0 amide bonds. The Bertz CT molecular complexity index is 1120. The van der Waals surface area contributed by atoms with Gasteiger partial charge in [-0.3, -0.25) is 4.79 Å². The molecule has 0 bridgehead atoms. The summed E-state index contributed by atoms with van der Waals surface area (Å²) in [6, 6.07) is 7.25. The third kappa shape index (κ3) is 3.53. The molecule has 3 aromatic rings. The van der Waals surface area contributed by atoms with E-state index in [2.05, 4.69) is 0 Å². The minimum atomic E-state index is -0.384. The quantitative estimate of drug-likeness (QED) is 0.636. The summed E-state index contributed by atoms with van der Waals surface area (Å²) in [6.07, 6.45) is 2.46. The molecule has 6 nitrogen and oxygen atoms in total. The molecular weight excluding hydrogens is 360 g/mol. The van der Waals surface area contributed by atoms with Gasteiger partial charge < -0.3 is 24.1 Å². The average Bonchev–Trinajstić information content (AvgIpc) is 2.66. The van der Waals surface area contributed by atoms with Crippen molar-refractivity contribution in [3.8, 4) is 34.3 Å². The fourth-order valence-corrected chi connectivity index (χ4v) is 3.04. The lowest BCUT2D eigenvalue weighted by Crippen LogP contribution is -2.04. The summed E-state index contributed by atoms with van der Waals surface area (Å²) in [5.74, 6) is 0.888. The van der Waals surface area contributed by atoms with Gasteiger partial charge in [0.2, 0.25) is 0 Å². The lowest BCUT2D eigenvalue weighted by molar-refractivity contribution is 0.403. The van der Waals surface area contributed by atoms with Crippen LogP contribution < -0.4 is 14.9 Å². The first-order valence-corrected chi connectivity index (χ1v) is 8.73. The molecule has 0 spiro atoms. The van der Waals surface area contributed by atoms with Gasteiger partial charge in [0.05, 0.1) is 19.8 Å². The predicted molar refractivity (Wildman–Crippen MR) is 107 cm³/mol. The van der Waals surface area contributed by atoms with Crippen LogP contribution in [0.25, 0.3) is 22.3 Å². The van der Waals surface area contributed by atoms with E-state index in [0.29, 0.717) is 29.0 Å². The number of benzene rings is 2. The number of fused-ring (bicyclic) bond motifs is 1. The lowest BCUT2D eigenvalue weighted by Gasteiger charge is -2.14. The van der Waals surface area contributed by atoms with Gasteiger partial charge in [-0.15, -0.1) is 0 Å². The first-order chi connectivity index (χ1) is 13.3. The molecule has 2 aromatic carbocycles. The maximum Gasteiger partial charge on any atom is 0.197 e. The molecule has 0 saturated carbocycles. The Morgan fingerprint density at radius 3 is 2.43 bits per heavy atom. The number of methoxy groups -OCH3 is 2. The Morgan fingerprint density at radius 2 is 1.79 bits per heavy atom. The number of hydrogen-bond donors (Lipinski definition) is 2. The largest absolute Gasteiger partial charge is 0.508 e. The first kappa shape index (κ1) is 19.4. The second kappa shape index (κ2) is 7.68. The van der Waals surface area contributed by atoms with E-state index in [9.17, 15) is 15.0 Å². The van der Waals surface area contributed by atoms with Crippen molar-refractivity contribution < 1.29 is 24.1 Å². The highest BCUT2D eigenvalue weighted by Crippen LogP contribution is 2.38. The summed E-state index contributed by atoms with van der Waals surface area (Å²) in [5.41, 5.74) is 2.14. The van der Waals surface area contributed by atoms with E-state index >= 15 is 0 Å². The number of phenolic OH excluding ortho intramolecular Hbond substituents is 2. The smallest absolute Gasteiger partial charge is 0.197 e. The van der Waals surface area contributed by atoms with Crippen LogP contribution >= 0.6 is 0 Å². The van der Waals surface area contributed by atoms with E-state index in [1.54, 1.807) is 6.07 Å². The van der Waals surface area contributed by atoms with Crippen LogP contribution in [0.5, 0.6) is 23.0 Å². The number of ether oxygens (including phenoxy) is 2. The van der Waals surface area contributed by atoms with Crippen LogP contribution in [0.3, 0.4) is 0 Å². The zero-order chi connectivity index (χ0) is 20.4. The number of hydrogen-bond acceptors (Lipinski definition) is 6. The highest BCUT2D eigenvalue weighted by molar-refractivity contribution is 5.89. The molecule has 0 saturated heterocycles. The molecule has 0 fully saturated rings. The van der Waals surface area contributed by atoms with Gasteiger partial charge in [-0.1, -0.05) is 11.6 Å². The summed E-state index contributed by atoms with van der Waals surface area (Å²) in [7, 11) is 2.96. The van der Waals surface area contributed by atoms with Crippen molar-refractivity contribution in [2.75, 3.05) is 14.2 Å². The monoisotopic (exact) mass is 382 g/mol. The molecule has 1 aromatic heterocycles. The van der Waals surface area contributed by atoms with E-state index in [4.69, 9.17) is 13.9 Å². The van der Waals surface area contributed by atoms with Crippen LogP contribution in [-0.2, 0) is 6.42 Å². The molecule has 146 valence electrons. The fourth-order valence-electron chi connectivity index (χ4n) is 3.04. The van der Waals surface area contributed by atoms with E-state index in [0.717, 1.165) is 5.57 Å². The van der Waals surface area contributed by atoms with Gasteiger partial charge in [-0.25, -0.2) is 0 Å². The molecular formula is C22H22O6. The Hall–Kier alpha value is -3.41. The van der Waals surface area contributed by atoms with Crippen LogP contribution in [-0.4, -0.2) is 24.4 Å². The molecule has 0 aliphatic rings. The Labute approximate surface area is 162 Å². The molecule has 1 heterocycles. The summed E-state index contributed by atoms with van der Waals surface area (Å²) < 4.78 is 16.8. The van der Waals surface area contributed by atoms with Crippen LogP contribution in [0.2, 0.25) is 0 Å². The first-order valence-electron chi connectivity index (χ1n) is 8.73. The number of allylic oxidation sites excluding steroid dienone is 2. The van der Waals surface area contributed by atoms with Crippen molar-refractivity contribution in [2.45, 2.75) is 20.3 Å². The Morgan fingerprint density at radius 1 is 1.07 bits per heavy atom. The van der Waals surface area contributed by atoms with Crippen molar-refractivity contribution in [1.82, 2.24) is 0 Å². The lowest BCUT2D eigenvalue weighted by atomic mass is 10.0. The maximum absolute atomic E-state index is 12.8. The van der Waals surface area contributed by atoms with Gasteiger partial charge >= 0.3 is 0 Å². The molecule has 3 rings (SSSR count). The van der Waals surface area contributed by atoms with E-state index < -0.39 is 0 Å². The van der Waals surface area contributed by atoms with Gasteiger partial charge in [0.1, 0.15) is 39.7 Å². The fraction of sp³-hybridized carbons (Fsp3) is 0.227. The zero-order valence-corrected chi connectivity index (χ0v) is 16.2. The Balaban J connectivity index is 2.36. The SMILES string of the molecule is COc1cc(O)ccc1-c1cc(=O)c2c(O)cc(OC)c(CC=C(C)C)c2o1. The van der Waals surface area contributed by atoms with Crippen molar-refractivity contribution in [2.24, 2.45) is 0 Å². The van der Waals surface area contributed by atoms with Crippen molar-refractivity contribution in [3.05, 3.63) is 57.8 Å². The second-order valence-corrected chi connectivity index (χ2v) is 6.63. The molecule has 0 radical (unpaired) electrons. The third-order valence-electron chi connectivity index (χ3n) is 4.43. The van der Waals surface area contributed by atoms with Gasteiger partial charge in [-0.2, -0.15) is 0 Å². The minimum absolute atomic E-state index is 0.0345. The van der Waals surface area contributed by atoms with Gasteiger partial charge in [-0.05, 0) is 32.4 Å². The molecule has 0 atom stereocenters. The molecule has 0 aliphatic heterocycles. The number of rotatable bonds is 5. The van der Waals surface area contributed by atoms with Crippen molar-refractivity contribution >= 4 is 11.0 Å². The van der Waals surface area contributed by atoms with Gasteiger partial charge in [0.25, 0.3) is 0 Å². The molecule has 6 heteroatoms. The third-order valence-corrected chi connectivity index (χ3v) is 4.43. The molecule has 0 unspecified atom stereocenters. The van der Waals surface area contributed by atoms with Crippen LogP contribution in [0.4, 0.5) is 0 Å². The van der Waals surface area contributed by atoms with Crippen molar-refractivity contribution in [1.29, 1.82) is 0 Å². The highest BCUT2D eigenvalue weighted by atomic mass is 16.5. The predicted octanol–water partition coefficient (Wildman–Crippen LogP) is 4.40. The van der Waals surface area contributed by atoms with Crippen molar-refractivity contribution in [3.63, 3.8) is 0 Å². The number of phenols is 2. The van der Waals surface area contributed by atoms with E-state index in [1.165, 1.54) is 38.5 Å². The van der Waals surface area contributed by atoms with Crippen LogP contribution in [0.15, 0.2) is 51.2 Å². The number of aromatic hydroxyl groups is 2. The van der Waals surface area contributed by atoms with Crippen LogP contribution in [0.1, 0.15) is 19.4 Å². The molecule has 0 aliphatic carbocycles. The second-order valence-electron chi connectivity index (χ2n) is 6.63. The molecule has 2 N–H and O–H groups in total. The zero-order valence-electron chi connectivity index (χ0n) is 16.2. The minimum Gasteiger partial charge on any atom is -0.508 e. The summed E-state index contributed by atoms with van der Waals surface area (Å²) in [4.78, 5) is 12.8. The van der Waals surface area contributed by atoms with Gasteiger partial charge in [0, 0.05) is 23.8 Å². The maximum atomic E-state index is 12.8. The van der Waals surface area contributed by atoms with Gasteiger partial charge in [0.15, 0.2) is 5.43 Å².